The average molecular weight is 284 g/mol. The normalized spacial score (nSPS) is 19.3. The molecule has 0 aliphatic carbocycles. The Morgan fingerprint density at radius 2 is 2.00 bits per heavy atom. The first-order chi connectivity index (χ1) is 9.52. The molecule has 0 bridgehead atoms. The van der Waals surface area contributed by atoms with Crippen LogP contribution in [0.15, 0.2) is 0 Å². The topological polar surface area (TPSA) is 78.4 Å². The second-order valence-corrected chi connectivity index (χ2v) is 5.92. The van der Waals surface area contributed by atoms with Gasteiger partial charge in [-0.3, -0.25) is 9.59 Å². The summed E-state index contributed by atoms with van der Waals surface area (Å²) in [6, 6.07) is 0. The number of aliphatic carboxylic acids is 1. The molecule has 1 rings (SSSR count). The molecule has 1 fully saturated rings. The first kappa shape index (κ1) is 17.0. The molecule has 3 N–H and O–H groups in total. The molecule has 0 aromatic heterocycles. The van der Waals surface area contributed by atoms with Gasteiger partial charge in [-0.05, 0) is 45.2 Å². The van der Waals surface area contributed by atoms with Crippen LogP contribution >= 0.6 is 0 Å². The van der Waals surface area contributed by atoms with Gasteiger partial charge in [0.1, 0.15) is 0 Å². The molecule has 1 atom stereocenters. The summed E-state index contributed by atoms with van der Waals surface area (Å²) < 4.78 is 0. The van der Waals surface area contributed by atoms with E-state index < -0.39 is 5.97 Å². The summed E-state index contributed by atoms with van der Waals surface area (Å²) in [4.78, 5) is 23.1. The van der Waals surface area contributed by atoms with Gasteiger partial charge in [0.15, 0.2) is 0 Å². The predicted molar refractivity (Wildman–Crippen MR) is 78.5 cm³/mol. The van der Waals surface area contributed by atoms with Crippen molar-refractivity contribution in [2.75, 3.05) is 19.6 Å². The van der Waals surface area contributed by atoms with Crippen LogP contribution in [0.5, 0.6) is 0 Å². The molecule has 1 aliphatic heterocycles. The fraction of sp³-hybridized carbons (Fsp3) is 0.867. The molecule has 1 unspecified atom stereocenters. The molecule has 1 aliphatic rings. The van der Waals surface area contributed by atoms with Gasteiger partial charge in [0.25, 0.3) is 0 Å². The minimum absolute atomic E-state index is 0.156. The van der Waals surface area contributed by atoms with Crippen molar-refractivity contribution in [2.24, 2.45) is 11.3 Å². The number of carbonyl (C=O) groups is 2. The molecule has 20 heavy (non-hydrogen) atoms. The molecule has 0 saturated carbocycles. The maximum absolute atomic E-state index is 12.4. The number of carboxylic acid groups (broad SMARTS) is 1. The number of hydrogen-bond acceptors (Lipinski definition) is 3. The van der Waals surface area contributed by atoms with Crippen molar-refractivity contribution in [2.45, 2.75) is 52.4 Å². The average Bonchev–Trinajstić information content (AvgIpc) is 2.44. The van der Waals surface area contributed by atoms with Crippen molar-refractivity contribution < 1.29 is 14.7 Å². The van der Waals surface area contributed by atoms with Gasteiger partial charge in [0.2, 0.25) is 5.91 Å². The van der Waals surface area contributed by atoms with E-state index in [4.69, 9.17) is 5.11 Å². The Hall–Kier alpha value is -1.10. The highest BCUT2D eigenvalue weighted by molar-refractivity contribution is 5.82. The summed E-state index contributed by atoms with van der Waals surface area (Å²) in [6.07, 6.45) is 5.09. The third-order valence-electron chi connectivity index (χ3n) is 4.29. The number of piperidine rings is 1. The number of nitrogens with one attached hydrogen (secondary N) is 2. The summed E-state index contributed by atoms with van der Waals surface area (Å²) in [6.45, 7) is 6.21. The van der Waals surface area contributed by atoms with Crippen LogP contribution in [0.1, 0.15) is 52.4 Å². The van der Waals surface area contributed by atoms with Gasteiger partial charge >= 0.3 is 5.97 Å². The maximum Gasteiger partial charge on any atom is 0.306 e. The Balaban J connectivity index is 2.37. The quantitative estimate of drug-likeness (QED) is 0.594. The molecule has 0 aromatic carbocycles. The third-order valence-corrected chi connectivity index (χ3v) is 4.29. The van der Waals surface area contributed by atoms with E-state index in [1.54, 1.807) is 6.92 Å². The number of carboxylic acids is 1. The fourth-order valence-electron chi connectivity index (χ4n) is 2.90. The highest BCUT2D eigenvalue weighted by atomic mass is 16.4. The van der Waals surface area contributed by atoms with E-state index in [0.717, 1.165) is 45.2 Å². The lowest BCUT2D eigenvalue weighted by Crippen LogP contribution is -2.47. The zero-order valence-electron chi connectivity index (χ0n) is 12.7. The molecule has 0 aromatic rings. The molecule has 1 heterocycles. The van der Waals surface area contributed by atoms with Gasteiger partial charge in [-0.1, -0.05) is 20.3 Å². The molecule has 1 saturated heterocycles. The molecule has 0 radical (unpaired) electrons. The van der Waals surface area contributed by atoms with E-state index in [1.807, 2.05) is 0 Å². The van der Waals surface area contributed by atoms with Crippen LogP contribution in [-0.2, 0) is 9.59 Å². The Morgan fingerprint density at radius 1 is 1.35 bits per heavy atom. The Kier molecular flexibility index (Phi) is 6.99. The van der Waals surface area contributed by atoms with Crippen molar-refractivity contribution in [3.8, 4) is 0 Å². The van der Waals surface area contributed by atoms with Gasteiger partial charge in [-0.25, -0.2) is 0 Å². The van der Waals surface area contributed by atoms with E-state index in [1.165, 1.54) is 0 Å². The van der Waals surface area contributed by atoms with Crippen LogP contribution in [0.3, 0.4) is 0 Å². The van der Waals surface area contributed by atoms with Crippen molar-refractivity contribution >= 4 is 11.9 Å². The molecule has 5 heteroatoms. The van der Waals surface area contributed by atoms with Gasteiger partial charge in [0.05, 0.1) is 11.3 Å². The maximum atomic E-state index is 12.4. The number of hydrogen-bond donors (Lipinski definition) is 3. The highest BCUT2D eigenvalue weighted by Gasteiger charge is 2.38. The highest BCUT2D eigenvalue weighted by Crippen LogP contribution is 2.34. The van der Waals surface area contributed by atoms with E-state index >= 15 is 0 Å². The number of amides is 1. The first-order valence-electron chi connectivity index (χ1n) is 7.73. The van der Waals surface area contributed by atoms with E-state index in [-0.39, 0.29) is 17.2 Å². The summed E-state index contributed by atoms with van der Waals surface area (Å²) in [5.74, 6) is -0.948. The zero-order valence-corrected chi connectivity index (χ0v) is 12.7. The first-order valence-corrected chi connectivity index (χ1v) is 7.73. The SMILES string of the molecule is CCCC1(C(=O)NCCCC(C)C(=O)O)CCNCC1. The number of rotatable bonds is 8. The monoisotopic (exact) mass is 284 g/mol. The van der Waals surface area contributed by atoms with Crippen LogP contribution in [-0.4, -0.2) is 36.6 Å². The fourth-order valence-corrected chi connectivity index (χ4v) is 2.90. The number of carbonyl (C=O) groups excluding carboxylic acids is 1. The largest absolute Gasteiger partial charge is 0.481 e. The minimum Gasteiger partial charge on any atom is -0.481 e. The Bertz CT molecular complexity index is 320. The van der Waals surface area contributed by atoms with Gasteiger partial charge in [-0.2, -0.15) is 0 Å². The van der Waals surface area contributed by atoms with Gasteiger partial charge < -0.3 is 15.7 Å². The summed E-state index contributed by atoms with van der Waals surface area (Å²) in [5.41, 5.74) is -0.210. The van der Waals surface area contributed by atoms with E-state index in [9.17, 15) is 9.59 Å². The zero-order chi connectivity index (χ0) is 15.0. The van der Waals surface area contributed by atoms with Crippen molar-refractivity contribution in [1.29, 1.82) is 0 Å². The van der Waals surface area contributed by atoms with Crippen LogP contribution in [0.4, 0.5) is 0 Å². The smallest absolute Gasteiger partial charge is 0.306 e. The van der Waals surface area contributed by atoms with Gasteiger partial charge in [-0.15, -0.1) is 0 Å². The van der Waals surface area contributed by atoms with Crippen molar-refractivity contribution in [3.05, 3.63) is 0 Å². The lowest BCUT2D eigenvalue weighted by molar-refractivity contribution is -0.141. The molecule has 116 valence electrons. The second-order valence-electron chi connectivity index (χ2n) is 5.92. The van der Waals surface area contributed by atoms with Crippen LogP contribution in [0.2, 0.25) is 0 Å². The van der Waals surface area contributed by atoms with E-state index in [0.29, 0.717) is 13.0 Å². The van der Waals surface area contributed by atoms with Crippen LogP contribution in [0, 0.1) is 11.3 Å². The van der Waals surface area contributed by atoms with Gasteiger partial charge in [0, 0.05) is 6.54 Å². The Morgan fingerprint density at radius 3 is 2.55 bits per heavy atom. The minimum atomic E-state index is -0.767. The third kappa shape index (κ3) is 4.78. The standard InChI is InChI=1S/C15H28N2O3/c1-3-6-15(7-10-16-11-8-15)14(20)17-9-4-5-12(2)13(18)19/h12,16H,3-11H2,1-2H3,(H,17,20)(H,18,19). The summed E-state index contributed by atoms with van der Waals surface area (Å²) >= 11 is 0. The predicted octanol–water partition coefficient (Wildman–Crippen LogP) is 1.77. The lowest BCUT2D eigenvalue weighted by atomic mass is 9.74. The van der Waals surface area contributed by atoms with Crippen LogP contribution < -0.4 is 10.6 Å². The van der Waals surface area contributed by atoms with E-state index in [2.05, 4.69) is 17.6 Å². The summed E-state index contributed by atoms with van der Waals surface area (Å²) in [7, 11) is 0. The molecule has 0 spiro atoms. The molecular weight excluding hydrogens is 256 g/mol. The second kappa shape index (κ2) is 8.25. The van der Waals surface area contributed by atoms with Crippen LogP contribution in [0.25, 0.3) is 0 Å². The van der Waals surface area contributed by atoms with Crippen molar-refractivity contribution in [3.63, 3.8) is 0 Å². The molecular formula is C15H28N2O3. The molecule has 1 amide bonds. The lowest BCUT2D eigenvalue weighted by Gasteiger charge is -2.36. The molecule has 5 nitrogen and oxygen atoms in total. The summed E-state index contributed by atoms with van der Waals surface area (Å²) in [5, 5.41) is 15.1. The Labute approximate surface area is 121 Å². The van der Waals surface area contributed by atoms with Crippen molar-refractivity contribution in [1.82, 2.24) is 10.6 Å².